The molecule has 7 nitrogen and oxygen atoms in total. The summed E-state index contributed by atoms with van der Waals surface area (Å²) in [6.45, 7) is 2.30. The fourth-order valence-corrected chi connectivity index (χ4v) is 1.73. The second-order valence-electron chi connectivity index (χ2n) is 4.42. The maximum atomic E-state index is 8.67. The quantitative estimate of drug-likeness (QED) is 0.715. The van der Waals surface area contributed by atoms with E-state index in [1.807, 2.05) is 23.1 Å². The number of nitrogens with one attached hydrogen (secondary N) is 1. The van der Waals surface area contributed by atoms with Gasteiger partial charge in [-0.05, 0) is 6.07 Å². The standard InChI is InChI=1S/C14H20N4O3/c1-20-6-4-18-11-12(9-17-18)8-15-13-2-3-14(16-10-13)21-7-5-19/h2-3,9-11,15,19H,4-8H2,1H3. The van der Waals surface area contributed by atoms with Crippen LogP contribution in [0.2, 0.25) is 0 Å². The third kappa shape index (κ3) is 5.05. The average molecular weight is 292 g/mol. The van der Waals surface area contributed by atoms with Gasteiger partial charge in [-0.15, -0.1) is 0 Å². The summed E-state index contributed by atoms with van der Waals surface area (Å²) in [5, 5.41) is 16.2. The van der Waals surface area contributed by atoms with Gasteiger partial charge in [0.15, 0.2) is 0 Å². The molecule has 0 amide bonds. The third-order valence-electron chi connectivity index (χ3n) is 2.79. The number of hydrogen-bond donors (Lipinski definition) is 2. The second kappa shape index (κ2) is 8.23. The van der Waals surface area contributed by atoms with Crippen molar-refractivity contribution in [2.45, 2.75) is 13.1 Å². The normalized spacial score (nSPS) is 10.6. The predicted octanol–water partition coefficient (Wildman–Crippen LogP) is 0.908. The molecule has 114 valence electrons. The van der Waals surface area contributed by atoms with E-state index in [0.717, 1.165) is 17.8 Å². The summed E-state index contributed by atoms with van der Waals surface area (Å²) >= 11 is 0. The van der Waals surface area contributed by atoms with E-state index in [9.17, 15) is 0 Å². The molecule has 21 heavy (non-hydrogen) atoms. The molecule has 0 saturated heterocycles. The first-order chi connectivity index (χ1) is 10.3. The van der Waals surface area contributed by atoms with Gasteiger partial charge in [0.1, 0.15) is 6.61 Å². The summed E-state index contributed by atoms with van der Waals surface area (Å²) in [6, 6.07) is 3.65. The number of rotatable bonds is 9. The molecule has 0 aliphatic carbocycles. The van der Waals surface area contributed by atoms with Crippen molar-refractivity contribution in [2.24, 2.45) is 0 Å². The van der Waals surface area contributed by atoms with Crippen molar-refractivity contribution >= 4 is 5.69 Å². The van der Waals surface area contributed by atoms with Gasteiger partial charge in [0.25, 0.3) is 0 Å². The SMILES string of the molecule is COCCn1cc(CNc2ccc(OCCO)nc2)cn1. The third-order valence-corrected chi connectivity index (χ3v) is 2.79. The number of nitrogens with zero attached hydrogens (tertiary/aromatic N) is 3. The molecule has 0 fully saturated rings. The Bertz CT molecular complexity index is 527. The summed E-state index contributed by atoms with van der Waals surface area (Å²) < 4.78 is 12.1. The fraction of sp³-hybridized carbons (Fsp3) is 0.429. The van der Waals surface area contributed by atoms with Crippen molar-refractivity contribution in [3.05, 3.63) is 36.3 Å². The van der Waals surface area contributed by atoms with Crippen LogP contribution in [0, 0.1) is 0 Å². The molecule has 0 spiro atoms. The van der Waals surface area contributed by atoms with Crippen molar-refractivity contribution in [3.63, 3.8) is 0 Å². The molecule has 0 aliphatic rings. The average Bonchev–Trinajstić information content (AvgIpc) is 2.98. The number of hydrogen-bond acceptors (Lipinski definition) is 6. The molecule has 7 heteroatoms. The molecule has 0 bridgehead atoms. The molecule has 2 heterocycles. The molecule has 2 N–H and O–H groups in total. The number of aromatic nitrogens is 3. The number of pyridine rings is 1. The molecule has 0 atom stereocenters. The Balaban J connectivity index is 1.80. The van der Waals surface area contributed by atoms with Crippen LogP contribution in [-0.4, -0.2) is 46.8 Å². The van der Waals surface area contributed by atoms with Crippen molar-refractivity contribution in [1.82, 2.24) is 14.8 Å². The maximum absolute atomic E-state index is 8.67. The first kappa shape index (κ1) is 15.3. The van der Waals surface area contributed by atoms with Crippen LogP contribution in [0.15, 0.2) is 30.7 Å². The number of methoxy groups -OCH3 is 1. The molecule has 2 aromatic heterocycles. The van der Waals surface area contributed by atoms with Gasteiger partial charge in [-0.1, -0.05) is 0 Å². The van der Waals surface area contributed by atoms with Crippen molar-refractivity contribution in [2.75, 3.05) is 32.2 Å². The Morgan fingerprint density at radius 2 is 2.19 bits per heavy atom. The fourth-order valence-electron chi connectivity index (χ4n) is 1.73. The van der Waals surface area contributed by atoms with E-state index < -0.39 is 0 Å². The van der Waals surface area contributed by atoms with Crippen LogP contribution >= 0.6 is 0 Å². The lowest BCUT2D eigenvalue weighted by atomic mass is 10.3. The lowest BCUT2D eigenvalue weighted by Gasteiger charge is -2.06. The Morgan fingerprint density at radius 3 is 2.90 bits per heavy atom. The van der Waals surface area contributed by atoms with Gasteiger partial charge in [0.05, 0.1) is 37.8 Å². The van der Waals surface area contributed by atoms with E-state index in [2.05, 4.69) is 15.4 Å². The predicted molar refractivity (Wildman–Crippen MR) is 78.2 cm³/mol. The van der Waals surface area contributed by atoms with E-state index in [0.29, 0.717) is 19.0 Å². The molecule has 0 unspecified atom stereocenters. The Kier molecular flexibility index (Phi) is 5.99. The van der Waals surface area contributed by atoms with E-state index in [-0.39, 0.29) is 13.2 Å². The highest BCUT2D eigenvalue weighted by molar-refractivity contribution is 5.42. The monoisotopic (exact) mass is 292 g/mol. The van der Waals surface area contributed by atoms with Crippen molar-refractivity contribution in [3.8, 4) is 5.88 Å². The van der Waals surface area contributed by atoms with E-state index >= 15 is 0 Å². The van der Waals surface area contributed by atoms with Crippen molar-refractivity contribution in [1.29, 1.82) is 0 Å². The summed E-state index contributed by atoms with van der Waals surface area (Å²) in [6.07, 6.45) is 5.51. The van der Waals surface area contributed by atoms with Crippen LogP contribution in [0.3, 0.4) is 0 Å². The van der Waals surface area contributed by atoms with Gasteiger partial charge in [-0.25, -0.2) is 4.98 Å². The topological polar surface area (TPSA) is 81.4 Å². The lowest BCUT2D eigenvalue weighted by Crippen LogP contribution is -2.04. The Hall–Kier alpha value is -2.12. The zero-order valence-electron chi connectivity index (χ0n) is 12.0. The van der Waals surface area contributed by atoms with Crippen LogP contribution in [-0.2, 0) is 17.8 Å². The molecule has 2 rings (SSSR count). The largest absolute Gasteiger partial charge is 0.475 e. The zero-order valence-corrected chi connectivity index (χ0v) is 12.0. The van der Waals surface area contributed by atoms with Crippen LogP contribution in [0.25, 0.3) is 0 Å². The van der Waals surface area contributed by atoms with Crippen LogP contribution in [0.1, 0.15) is 5.56 Å². The van der Waals surface area contributed by atoms with E-state index in [1.165, 1.54) is 0 Å². The van der Waals surface area contributed by atoms with E-state index in [4.69, 9.17) is 14.6 Å². The van der Waals surface area contributed by atoms with Gasteiger partial charge < -0.3 is 19.9 Å². The van der Waals surface area contributed by atoms with Gasteiger partial charge in [-0.2, -0.15) is 5.10 Å². The first-order valence-electron chi connectivity index (χ1n) is 6.75. The van der Waals surface area contributed by atoms with Gasteiger partial charge >= 0.3 is 0 Å². The van der Waals surface area contributed by atoms with Gasteiger partial charge in [-0.3, -0.25) is 4.68 Å². The summed E-state index contributed by atoms with van der Waals surface area (Å²) in [5.74, 6) is 0.502. The maximum Gasteiger partial charge on any atom is 0.213 e. The Labute approximate surface area is 123 Å². The zero-order chi connectivity index (χ0) is 14.9. The van der Waals surface area contributed by atoms with Crippen LogP contribution < -0.4 is 10.1 Å². The second-order valence-corrected chi connectivity index (χ2v) is 4.42. The minimum Gasteiger partial charge on any atom is -0.475 e. The molecular weight excluding hydrogens is 272 g/mol. The van der Waals surface area contributed by atoms with Crippen LogP contribution in [0.5, 0.6) is 5.88 Å². The van der Waals surface area contributed by atoms with Crippen LogP contribution in [0.4, 0.5) is 5.69 Å². The number of aliphatic hydroxyl groups excluding tert-OH is 1. The van der Waals surface area contributed by atoms with E-state index in [1.54, 1.807) is 19.4 Å². The summed E-state index contributed by atoms with van der Waals surface area (Å²) in [4.78, 5) is 4.14. The van der Waals surface area contributed by atoms with Crippen molar-refractivity contribution < 1.29 is 14.6 Å². The Morgan fingerprint density at radius 1 is 1.29 bits per heavy atom. The molecule has 0 saturated carbocycles. The molecule has 0 aliphatic heterocycles. The highest BCUT2D eigenvalue weighted by atomic mass is 16.5. The highest BCUT2D eigenvalue weighted by Crippen LogP contribution is 2.12. The minimum absolute atomic E-state index is 0.0191. The summed E-state index contributed by atoms with van der Waals surface area (Å²) in [7, 11) is 1.67. The molecular formula is C14H20N4O3. The first-order valence-corrected chi connectivity index (χ1v) is 6.75. The molecule has 0 aromatic carbocycles. The minimum atomic E-state index is -0.0191. The number of ether oxygens (including phenoxy) is 2. The molecule has 2 aromatic rings. The number of anilines is 1. The smallest absolute Gasteiger partial charge is 0.213 e. The summed E-state index contributed by atoms with van der Waals surface area (Å²) in [5.41, 5.74) is 1.99. The number of aliphatic hydroxyl groups is 1. The molecule has 0 radical (unpaired) electrons. The van der Waals surface area contributed by atoms with Gasteiger partial charge in [0, 0.05) is 31.5 Å². The van der Waals surface area contributed by atoms with Gasteiger partial charge in [0.2, 0.25) is 5.88 Å². The highest BCUT2D eigenvalue weighted by Gasteiger charge is 2.00. The lowest BCUT2D eigenvalue weighted by molar-refractivity contribution is 0.183.